The minimum Gasteiger partial charge on any atom is -0.494 e. The second-order valence-electron chi connectivity index (χ2n) is 9.36. The van der Waals surface area contributed by atoms with Crippen molar-refractivity contribution in [2.45, 2.75) is 40.3 Å². The summed E-state index contributed by atoms with van der Waals surface area (Å²) in [7, 11) is 4.84. The smallest absolute Gasteiger partial charge is 0.322 e. The minimum atomic E-state index is -0.909. The van der Waals surface area contributed by atoms with Crippen molar-refractivity contribution in [2.75, 3.05) is 14.2 Å². The molecule has 2 N–H and O–H groups in total. The molecule has 0 spiro atoms. The van der Waals surface area contributed by atoms with E-state index >= 15 is 0 Å². The molecule has 1 fully saturated rings. The van der Waals surface area contributed by atoms with Gasteiger partial charge in [0.25, 0.3) is 11.8 Å². The third kappa shape index (κ3) is 5.24. The summed E-state index contributed by atoms with van der Waals surface area (Å²) in [6.45, 7) is 8.17. The zero-order valence-corrected chi connectivity index (χ0v) is 23.8. The zero-order valence-electron chi connectivity index (χ0n) is 23.8. The Morgan fingerprint density at radius 1 is 1.05 bits per heavy atom. The normalized spacial score (nSPS) is 15.6. The van der Waals surface area contributed by atoms with Crippen molar-refractivity contribution < 1.29 is 32.3 Å². The third-order valence-corrected chi connectivity index (χ3v) is 6.84. The van der Waals surface area contributed by atoms with Gasteiger partial charge in [-0.2, -0.15) is 5.10 Å². The molecule has 4 aromatic rings. The summed E-state index contributed by atoms with van der Waals surface area (Å²) in [6.07, 6.45) is 0. The molecule has 2 aliphatic rings. The van der Waals surface area contributed by atoms with Crippen molar-refractivity contribution in [1.82, 2.24) is 25.3 Å². The number of hydrogen-bond acceptors (Lipinski definition) is 6. The van der Waals surface area contributed by atoms with Gasteiger partial charge in [-0.15, -0.1) is 0 Å². The van der Waals surface area contributed by atoms with E-state index in [1.54, 1.807) is 43.0 Å². The molecule has 41 heavy (non-hydrogen) atoms. The van der Waals surface area contributed by atoms with Crippen LogP contribution in [0.15, 0.2) is 34.7 Å². The fourth-order valence-electron chi connectivity index (χ4n) is 4.83. The lowest BCUT2D eigenvalue weighted by atomic mass is 10.0. The number of urea groups is 1. The van der Waals surface area contributed by atoms with Crippen molar-refractivity contribution >= 4 is 28.8 Å². The van der Waals surface area contributed by atoms with E-state index in [0.29, 0.717) is 23.1 Å². The summed E-state index contributed by atoms with van der Waals surface area (Å²) in [6, 6.07) is 6.36. The molecule has 1 atom stereocenters. The number of amides is 4. The lowest BCUT2D eigenvalue weighted by molar-refractivity contribution is -0.120. The third-order valence-electron chi connectivity index (χ3n) is 6.84. The molecule has 4 heterocycles. The van der Waals surface area contributed by atoms with Gasteiger partial charge < -0.3 is 19.4 Å². The topological polar surface area (TPSA) is 119 Å². The molecule has 2 aliphatic heterocycles. The zero-order chi connectivity index (χ0) is 30.2. The Morgan fingerprint density at radius 3 is 2.34 bits per heavy atom. The molecule has 0 saturated carbocycles. The van der Waals surface area contributed by atoms with E-state index in [1.165, 1.54) is 18.1 Å². The number of ether oxygens (including phenoxy) is 1. The summed E-state index contributed by atoms with van der Waals surface area (Å²) in [5.74, 6) is -1.39. The predicted octanol–water partition coefficient (Wildman–Crippen LogP) is 4.92. The highest BCUT2D eigenvalue weighted by molar-refractivity contribution is 6.04. The number of methoxy groups -OCH3 is 1. The Bertz CT molecular complexity index is 1680. The van der Waals surface area contributed by atoms with Gasteiger partial charge >= 0.3 is 6.03 Å². The molecule has 2 aromatic heterocycles. The van der Waals surface area contributed by atoms with E-state index in [9.17, 15) is 23.2 Å². The number of nitrogens with one attached hydrogen (secondary N) is 2. The number of carbonyl (C=O) groups is 3. The number of benzene rings is 2. The second-order valence-corrected chi connectivity index (χ2v) is 9.36. The lowest BCUT2D eigenvalue weighted by Crippen LogP contribution is -2.22. The fraction of sp³-hybridized carbons (Fsp3) is 0.310. The average molecular weight is 568 g/mol. The maximum atomic E-state index is 14.7. The molecular weight excluding hydrogens is 536 g/mol. The van der Waals surface area contributed by atoms with Crippen LogP contribution in [0.3, 0.4) is 0 Å². The van der Waals surface area contributed by atoms with Crippen molar-refractivity contribution in [3.63, 3.8) is 0 Å². The van der Waals surface area contributed by atoms with Crippen LogP contribution in [0.4, 0.5) is 13.6 Å². The van der Waals surface area contributed by atoms with E-state index in [2.05, 4.69) is 15.7 Å². The molecule has 2 aromatic carbocycles. The number of nitrogens with zero attached hydrogens (tertiary/aromatic N) is 3. The second kappa shape index (κ2) is 11.4. The Kier molecular flexibility index (Phi) is 8.13. The number of halogens is 2. The van der Waals surface area contributed by atoms with Gasteiger partial charge in [0.2, 0.25) is 0 Å². The maximum absolute atomic E-state index is 14.7. The van der Waals surface area contributed by atoms with Crippen molar-refractivity contribution in [3.8, 4) is 16.9 Å². The summed E-state index contributed by atoms with van der Waals surface area (Å²) < 4.78 is 40.4. The van der Waals surface area contributed by atoms with Gasteiger partial charge in [0.15, 0.2) is 17.6 Å². The average Bonchev–Trinajstić information content (AvgIpc) is 3.65. The Morgan fingerprint density at radius 2 is 1.76 bits per heavy atom. The number of hydrogen-bond donors (Lipinski definition) is 2. The number of furan rings is 1. The van der Waals surface area contributed by atoms with Crippen LogP contribution in [0.1, 0.15) is 53.0 Å². The summed E-state index contributed by atoms with van der Waals surface area (Å²) in [4.78, 5) is 36.0. The van der Waals surface area contributed by atoms with Crippen LogP contribution in [-0.4, -0.2) is 46.7 Å². The first-order chi connectivity index (χ1) is 19.5. The number of carbonyl (C=O) groups excluding carboxylic acids is 3. The SMILES string of the molecule is CC.COc1ccc2c(c1F)C(=O)N(C)C2.Cc1nn(C)c(C)c1-c1cc2cc(C3NC(=O)NC3=O)oc2cc1F. The van der Waals surface area contributed by atoms with E-state index in [-0.39, 0.29) is 23.0 Å². The molecule has 216 valence electrons. The number of aryl methyl sites for hydroxylation is 2. The first-order valence-corrected chi connectivity index (χ1v) is 13.0. The predicted molar refractivity (Wildman–Crippen MR) is 147 cm³/mol. The number of rotatable bonds is 3. The van der Waals surface area contributed by atoms with Gasteiger partial charge in [-0.1, -0.05) is 19.9 Å². The van der Waals surface area contributed by atoms with Crippen LogP contribution in [-0.2, 0) is 18.4 Å². The molecule has 10 nitrogen and oxygen atoms in total. The molecule has 12 heteroatoms. The van der Waals surface area contributed by atoms with Gasteiger partial charge in [0, 0.05) is 48.9 Å². The van der Waals surface area contributed by atoms with E-state index < -0.39 is 29.6 Å². The highest BCUT2D eigenvalue weighted by atomic mass is 19.1. The molecule has 1 saturated heterocycles. The summed E-state index contributed by atoms with van der Waals surface area (Å²) in [5, 5.41) is 9.57. The molecule has 0 aliphatic carbocycles. The van der Waals surface area contributed by atoms with E-state index in [0.717, 1.165) is 22.5 Å². The molecule has 0 bridgehead atoms. The van der Waals surface area contributed by atoms with Crippen LogP contribution in [0, 0.1) is 25.5 Å². The van der Waals surface area contributed by atoms with Crippen LogP contribution >= 0.6 is 0 Å². The quantitative estimate of drug-likeness (QED) is 0.340. The number of fused-ring (bicyclic) bond motifs is 2. The van der Waals surface area contributed by atoms with E-state index in [1.807, 2.05) is 27.7 Å². The van der Waals surface area contributed by atoms with Crippen LogP contribution in [0.25, 0.3) is 22.1 Å². The van der Waals surface area contributed by atoms with Crippen LogP contribution in [0.2, 0.25) is 0 Å². The summed E-state index contributed by atoms with van der Waals surface area (Å²) in [5.41, 5.74) is 3.90. The van der Waals surface area contributed by atoms with Gasteiger partial charge in [-0.05, 0) is 37.6 Å². The van der Waals surface area contributed by atoms with Crippen LogP contribution in [0.5, 0.6) is 5.75 Å². The highest BCUT2D eigenvalue weighted by Gasteiger charge is 2.34. The fourth-order valence-corrected chi connectivity index (χ4v) is 4.83. The standard InChI is InChI=1S/C17H15FN4O3.C10H10FNO2.C2H6/c1-7-14(8(2)22(3)21-7)10-4-9-5-13(25-12(9)6-11(10)18)15-16(23)20-17(24)19-15;1-12-5-6-3-4-7(14-2)9(11)8(6)10(12)13;1-2/h4-6,15H,1-3H3,(H2,19,20,23,24);3-4H,5H2,1-2H3;1-2H3. The minimum absolute atomic E-state index is 0.118. The molecule has 1 unspecified atom stereocenters. The molecule has 4 amide bonds. The highest BCUT2D eigenvalue weighted by Crippen LogP contribution is 2.35. The Balaban J connectivity index is 0.000000205. The maximum Gasteiger partial charge on any atom is 0.322 e. The first-order valence-electron chi connectivity index (χ1n) is 13.0. The van der Waals surface area contributed by atoms with Gasteiger partial charge in [-0.3, -0.25) is 19.6 Å². The Labute approximate surface area is 235 Å². The van der Waals surface area contributed by atoms with Gasteiger partial charge in [-0.25, -0.2) is 13.6 Å². The largest absolute Gasteiger partial charge is 0.494 e. The van der Waals surface area contributed by atoms with Crippen LogP contribution < -0.4 is 15.4 Å². The first kappa shape index (κ1) is 29.2. The Hall–Kier alpha value is -4.74. The van der Waals surface area contributed by atoms with Gasteiger partial charge in [0.1, 0.15) is 17.2 Å². The molecular formula is C29H31F2N5O5. The lowest BCUT2D eigenvalue weighted by Gasteiger charge is -2.05. The summed E-state index contributed by atoms with van der Waals surface area (Å²) >= 11 is 0. The monoisotopic (exact) mass is 567 g/mol. The van der Waals surface area contributed by atoms with Crippen molar-refractivity contribution in [1.29, 1.82) is 0 Å². The molecule has 6 rings (SSSR count). The van der Waals surface area contributed by atoms with Crippen molar-refractivity contribution in [3.05, 3.63) is 70.2 Å². The number of aromatic nitrogens is 2. The van der Waals surface area contributed by atoms with Gasteiger partial charge in [0.05, 0.1) is 18.4 Å². The van der Waals surface area contributed by atoms with Crippen molar-refractivity contribution in [2.24, 2.45) is 7.05 Å². The number of imide groups is 1. The van der Waals surface area contributed by atoms with E-state index in [4.69, 9.17) is 9.15 Å². The molecule has 0 radical (unpaired) electrons.